The molecule has 0 heterocycles. The first-order valence-corrected chi connectivity index (χ1v) is 5.05. The molecule has 14 heavy (non-hydrogen) atoms. The molecule has 0 spiro atoms. The number of carbonyl (C=O) groups is 1. The summed E-state index contributed by atoms with van der Waals surface area (Å²) >= 11 is 3.32. The SMILES string of the molecule is C[C@H](N)C(=O)OCc1ccc(Br)cc1. The molecule has 3 nitrogen and oxygen atoms in total. The number of halogens is 1. The highest BCUT2D eigenvalue weighted by molar-refractivity contribution is 9.10. The molecule has 0 aliphatic carbocycles. The Labute approximate surface area is 91.4 Å². The van der Waals surface area contributed by atoms with Gasteiger partial charge in [0.05, 0.1) is 0 Å². The molecule has 0 aliphatic rings. The molecule has 1 atom stereocenters. The van der Waals surface area contributed by atoms with Crippen LogP contribution in [0.5, 0.6) is 0 Å². The number of ether oxygens (including phenoxy) is 1. The summed E-state index contributed by atoms with van der Waals surface area (Å²) in [5, 5.41) is 0. The standard InChI is InChI=1S/C10H12BrNO2/c1-7(12)10(13)14-6-8-2-4-9(11)5-3-8/h2-5,7H,6,12H2,1H3/t7-/m0/s1. The lowest BCUT2D eigenvalue weighted by Crippen LogP contribution is -2.28. The minimum absolute atomic E-state index is 0.271. The minimum atomic E-state index is -0.564. The third-order valence-corrected chi connectivity index (χ3v) is 2.19. The van der Waals surface area contributed by atoms with Crippen molar-refractivity contribution >= 4 is 21.9 Å². The Morgan fingerprint density at radius 2 is 2.07 bits per heavy atom. The number of esters is 1. The zero-order chi connectivity index (χ0) is 10.6. The zero-order valence-electron chi connectivity index (χ0n) is 7.87. The van der Waals surface area contributed by atoms with E-state index in [0.29, 0.717) is 0 Å². The molecule has 0 aliphatic heterocycles. The third-order valence-electron chi connectivity index (χ3n) is 1.67. The van der Waals surface area contributed by atoms with Crippen LogP contribution >= 0.6 is 15.9 Å². The van der Waals surface area contributed by atoms with E-state index in [2.05, 4.69) is 15.9 Å². The fraction of sp³-hybridized carbons (Fsp3) is 0.300. The van der Waals surface area contributed by atoms with Crippen LogP contribution in [0.4, 0.5) is 0 Å². The fourth-order valence-corrected chi connectivity index (χ4v) is 1.13. The van der Waals surface area contributed by atoms with Gasteiger partial charge in [-0.1, -0.05) is 28.1 Å². The maximum atomic E-state index is 11.0. The number of nitrogens with two attached hydrogens (primary N) is 1. The number of hydrogen-bond donors (Lipinski definition) is 1. The highest BCUT2D eigenvalue weighted by Gasteiger charge is 2.08. The van der Waals surface area contributed by atoms with Crippen molar-refractivity contribution in [2.24, 2.45) is 5.73 Å². The van der Waals surface area contributed by atoms with Crippen molar-refractivity contribution in [1.29, 1.82) is 0 Å². The molecule has 0 radical (unpaired) electrons. The summed E-state index contributed by atoms with van der Waals surface area (Å²) in [6.45, 7) is 1.87. The average Bonchev–Trinajstić information content (AvgIpc) is 2.16. The highest BCUT2D eigenvalue weighted by Crippen LogP contribution is 2.11. The summed E-state index contributed by atoms with van der Waals surface area (Å²) in [6.07, 6.45) is 0. The molecule has 4 heteroatoms. The molecule has 0 aromatic heterocycles. The molecule has 0 amide bonds. The Bertz CT molecular complexity index is 308. The minimum Gasteiger partial charge on any atom is -0.460 e. The van der Waals surface area contributed by atoms with Crippen LogP contribution in [-0.2, 0) is 16.1 Å². The van der Waals surface area contributed by atoms with Gasteiger partial charge in [0.1, 0.15) is 12.6 Å². The fourth-order valence-electron chi connectivity index (χ4n) is 0.867. The van der Waals surface area contributed by atoms with Gasteiger partial charge in [-0.2, -0.15) is 0 Å². The van der Waals surface area contributed by atoms with E-state index in [-0.39, 0.29) is 12.6 Å². The van der Waals surface area contributed by atoms with Gasteiger partial charge in [0.15, 0.2) is 0 Å². The first kappa shape index (κ1) is 11.2. The lowest BCUT2D eigenvalue weighted by Gasteiger charge is -2.06. The Hall–Kier alpha value is -0.870. The van der Waals surface area contributed by atoms with Gasteiger partial charge in [0.25, 0.3) is 0 Å². The molecule has 2 N–H and O–H groups in total. The van der Waals surface area contributed by atoms with Gasteiger partial charge < -0.3 is 10.5 Å². The maximum Gasteiger partial charge on any atom is 0.322 e. The van der Waals surface area contributed by atoms with Crippen molar-refractivity contribution in [3.63, 3.8) is 0 Å². The van der Waals surface area contributed by atoms with Gasteiger partial charge in [-0.05, 0) is 24.6 Å². The first-order chi connectivity index (χ1) is 6.59. The molecular formula is C10H12BrNO2. The molecule has 1 aromatic carbocycles. The van der Waals surface area contributed by atoms with Crippen LogP contribution in [-0.4, -0.2) is 12.0 Å². The Morgan fingerprint density at radius 3 is 2.57 bits per heavy atom. The molecule has 1 aromatic rings. The molecule has 0 bridgehead atoms. The lowest BCUT2D eigenvalue weighted by atomic mass is 10.2. The maximum absolute atomic E-state index is 11.0. The van der Waals surface area contributed by atoms with E-state index < -0.39 is 6.04 Å². The van der Waals surface area contributed by atoms with E-state index in [1.807, 2.05) is 24.3 Å². The third kappa shape index (κ3) is 3.47. The van der Waals surface area contributed by atoms with Gasteiger partial charge in [-0.3, -0.25) is 4.79 Å². The molecular weight excluding hydrogens is 246 g/mol. The van der Waals surface area contributed by atoms with Gasteiger partial charge in [0.2, 0.25) is 0 Å². The number of hydrogen-bond acceptors (Lipinski definition) is 3. The van der Waals surface area contributed by atoms with Crippen molar-refractivity contribution in [2.75, 3.05) is 0 Å². The van der Waals surface area contributed by atoms with Crippen LogP contribution in [0, 0.1) is 0 Å². The summed E-state index contributed by atoms with van der Waals surface area (Å²) in [5.41, 5.74) is 6.29. The second-order valence-corrected chi connectivity index (χ2v) is 3.94. The molecule has 0 saturated carbocycles. The second-order valence-electron chi connectivity index (χ2n) is 3.02. The number of benzene rings is 1. The molecule has 0 fully saturated rings. The van der Waals surface area contributed by atoms with Crippen LogP contribution in [0.3, 0.4) is 0 Å². The van der Waals surface area contributed by atoms with Crippen molar-refractivity contribution in [3.05, 3.63) is 34.3 Å². The van der Waals surface area contributed by atoms with Crippen LogP contribution in [0.2, 0.25) is 0 Å². The molecule has 0 saturated heterocycles. The Kier molecular flexibility index (Phi) is 4.10. The lowest BCUT2D eigenvalue weighted by molar-refractivity contribution is -0.146. The number of carbonyl (C=O) groups excluding carboxylic acids is 1. The molecule has 76 valence electrons. The summed E-state index contributed by atoms with van der Waals surface area (Å²) < 4.78 is 5.95. The summed E-state index contributed by atoms with van der Waals surface area (Å²) in [7, 11) is 0. The summed E-state index contributed by atoms with van der Waals surface area (Å²) in [6, 6.07) is 7.01. The Morgan fingerprint density at radius 1 is 1.50 bits per heavy atom. The van der Waals surface area contributed by atoms with Crippen LogP contribution in [0.15, 0.2) is 28.7 Å². The van der Waals surface area contributed by atoms with E-state index >= 15 is 0 Å². The van der Waals surface area contributed by atoms with Crippen molar-refractivity contribution < 1.29 is 9.53 Å². The summed E-state index contributed by atoms with van der Waals surface area (Å²) in [5.74, 6) is -0.382. The van der Waals surface area contributed by atoms with Gasteiger partial charge in [-0.15, -0.1) is 0 Å². The number of rotatable bonds is 3. The first-order valence-electron chi connectivity index (χ1n) is 4.26. The topological polar surface area (TPSA) is 52.3 Å². The Balaban J connectivity index is 2.46. The molecule has 1 rings (SSSR count). The van der Waals surface area contributed by atoms with Crippen molar-refractivity contribution in [2.45, 2.75) is 19.6 Å². The van der Waals surface area contributed by atoms with Gasteiger partial charge in [0, 0.05) is 4.47 Å². The second kappa shape index (κ2) is 5.12. The predicted molar refractivity (Wildman–Crippen MR) is 57.6 cm³/mol. The van der Waals surface area contributed by atoms with Gasteiger partial charge in [-0.25, -0.2) is 0 Å². The van der Waals surface area contributed by atoms with Crippen molar-refractivity contribution in [3.8, 4) is 0 Å². The van der Waals surface area contributed by atoms with Crippen molar-refractivity contribution in [1.82, 2.24) is 0 Å². The van der Waals surface area contributed by atoms with E-state index in [9.17, 15) is 4.79 Å². The smallest absolute Gasteiger partial charge is 0.322 e. The van der Waals surface area contributed by atoms with Crippen LogP contribution in [0.1, 0.15) is 12.5 Å². The largest absolute Gasteiger partial charge is 0.460 e. The normalized spacial score (nSPS) is 12.2. The predicted octanol–water partition coefficient (Wildman–Crippen LogP) is 1.84. The highest BCUT2D eigenvalue weighted by atomic mass is 79.9. The van der Waals surface area contributed by atoms with E-state index in [0.717, 1.165) is 10.0 Å². The van der Waals surface area contributed by atoms with Crippen LogP contribution < -0.4 is 5.73 Å². The molecule has 0 unspecified atom stereocenters. The quantitative estimate of drug-likeness (QED) is 0.841. The average molecular weight is 258 g/mol. The van der Waals surface area contributed by atoms with Gasteiger partial charge >= 0.3 is 5.97 Å². The van der Waals surface area contributed by atoms with E-state index in [1.54, 1.807) is 6.92 Å². The zero-order valence-corrected chi connectivity index (χ0v) is 9.45. The van der Waals surface area contributed by atoms with Crippen LogP contribution in [0.25, 0.3) is 0 Å². The van der Waals surface area contributed by atoms with E-state index in [4.69, 9.17) is 10.5 Å². The monoisotopic (exact) mass is 257 g/mol. The summed E-state index contributed by atoms with van der Waals surface area (Å²) in [4.78, 5) is 11.0. The van der Waals surface area contributed by atoms with E-state index in [1.165, 1.54) is 0 Å².